The standard InChI is InChI=1S/C15H14N4O5/c20-11-3-1-9(5-13(11)22)7-16-18-15(24)19-17-8-10-2-4-12(21)14(23)6-10/h5-8H,1-4H2,(H2,18,19,24)/b16-7+,17-8+. The summed E-state index contributed by atoms with van der Waals surface area (Å²) in [4.78, 5) is 55.8. The molecule has 0 aliphatic heterocycles. The zero-order valence-electron chi connectivity index (χ0n) is 12.6. The van der Waals surface area contributed by atoms with Crippen LogP contribution in [0.1, 0.15) is 25.7 Å². The molecule has 0 aromatic rings. The summed E-state index contributed by atoms with van der Waals surface area (Å²) in [6.45, 7) is 0. The van der Waals surface area contributed by atoms with E-state index in [0.29, 0.717) is 24.0 Å². The van der Waals surface area contributed by atoms with E-state index in [-0.39, 0.29) is 12.8 Å². The van der Waals surface area contributed by atoms with Crippen LogP contribution in [0.15, 0.2) is 33.5 Å². The molecule has 0 radical (unpaired) electrons. The number of Topliss-reactive ketones (excluding diaryl/α,β-unsaturated/α-hetero) is 2. The van der Waals surface area contributed by atoms with Crippen molar-refractivity contribution >= 4 is 41.6 Å². The summed E-state index contributed by atoms with van der Waals surface area (Å²) in [5.74, 6) is -2.04. The van der Waals surface area contributed by atoms with Gasteiger partial charge in [-0.1, -0.05) is 0 Å². The number of carbonyl (C=O) groups is 5. The van der Waals surface area contributed by atoms with Crippen LogP contribution in [0.3, 0.4) is 0 Å². The highest BCUT2D eigenvalue weighted by molar-refractivity contribution is 6.43. The quantitative estimate of drug-likeness (QED) is 0.424. The van der Waals surface area contributed by atoms with Crippen LogP contribution >= 0.6 is 0 Å². The van der Waals surface area contributed by atoms with Crippen LogP contribution in [0.25, 0.3) is 0 Å². The van der Waals surface area contributed by atoms with E-state index in [4.69, 9.17) is 0 Å². The van der Waals surface area contributed by atoms with Crippen molar-refractivity contribution in [2.75, 3.05) is 0 Å². The zero-order chi connectivity index (χ0) is 17.5. The Morgan fingerprint density at radius 2 is 1.21 bits per heavy atom. The van der Waals surface area contributed by atoms with Gasteiger partial charge in [0.1, 0.15) is 0 Å². The Morgan fingerprint density at radius 1 is 0.792 bits per heavy atom. The summed E-state index contributed by atoms with van der Waals surface area (Å²) in [6.07, 6.45) is 5.95. The number of hydrogen-bond acceptors (Lipinski definition) is 7. The van der Waals surface area contributed by atoms with Gasteiger partial charge in [0.05, 0.1) is 12.4 Å². The summed E-state index contributed by atoms with van der Waals surface area (Å²) in [7, 11) is 0. The Bertz CT molecular complexity index is 670. The van der Waals surface area contributed by atoms with Gasteiger partial charge in [-0.05, 0) is 36.1 Å². The zero-order valence-corrected chi connectivity index (χ0v) is 12.6. The van der Waals surface area contributed by atoms with E-state index in [1.165, 1.54) is 24.6 Å². The Hall–Kier alpha value is -3.23. The average Bonchev–Trinajstić information content (AvgIpc) is 2.54. The maximum Gasteiger partial charge on any atom is 0.355 e. The Morgan fingerprint density at radius 3 is 1.58 bits per heavy atom. The van der Waals surface area contributed by atoms with E-state index >= 15 is 0 Å². The third kappa shape index (κ3) is 4.90. The number of urea groups is 1. The van der Waals surface area contributed by atoms with Crippen molar-refractivity contribution in [1.29, 1.82) is 0 Å². The van der Waals surface area contributed by atoms with Crippen LogP contribution in [-0.2, 0) is 19.2 Å². The van der Waals surface area contributed by atoms with E-state index in [9.17, 15) is 24.0 Å². The van der Waals surface area contributed by atoms with Gasteiger partial charge in [-0.15, -0.1) is 0 Å². The lowest BCUT2D eigenvalue weighted by Gasteiger charge is -2.06. The van der Waals surface area contributed by atoms with Gasteiger partial charge in [-0.25, -0.2) is 15.6 Å². The number of nitrogens with zero attached hydrogens (tertiary/aromatic N) is 2. The molecule has 24 heavy (non-hydrogen) atoms. The minimum Gasteiger partial charge on any atom is -0.290 e. The molecule has 0 bridgehead atoms. The van der Waals surface area contributed by atoms with Crippen LogP contribution in [0.4, 0.5) is 4.79 Å². The molecule has 0 unspecified atom stereocenters. The Kier molecular flexibility index (Phi) is 5.61. The monoisotopic (exact) mass is 330 g/mol. The molecule has 0 saturated carbocycles. The Labute approximate surface area is 136 Å². The van der Waals surface area contributed by atoms with Gasteiger partial charge in [-0.3, -0.25) is 19.2 Å². The lowest BCUT2D eigenvalue weighted by Crippen LogP contribution is -2.28. The molecule has 0 spiro atoms. The van der Waals surface area contributed by atoms with Gasteiger partial charge in [-0.2, -0.15) is 10.2 Å². The molecule has 0 atom stereocenters. The molecule has 2 rings (SSSR count). The molecule has 0 aromatic carbocycles. The minimum atomic E-state index is -0.722. The normalized spacial score (nSPS) is 18.8. The number of rotatable bonds is 4. The van der Waals surface area contributed by atoms with Crippen LogP contribution in [0, 0.1) is 0 Å². The van der Waals surface area contributed by atoms with Crippen LogP contribution in [0.5, 0.6) is 0 Å². The molecular weight excluding hydrogens is 316 g/mol. The summed E-state index contributed by atoms with van der Waals surface area (Å²) < 4.78 is 0. The van der Waals surface area contributed by atoms with Crippen molar-refractivity contribution < 1.29 is 24.0 Å². The van der Waals surface area contributed by atoms with Gasteiger partial charge in [0.25, 0.3) is 0 Å². The fourth-order valence-electron chi connectivity index (χ4n) is 1.98. The van der Waals surface area contributed by atoms with Crippen molar-refractivity contribution in [2.24, 2.45) is 10.2 Å². The Balaban J connectivity index is 1.78. The van der Waals surface area contributed by atoms with Gasteiger partial charge in [0.15, 0.2) is 0 Å². The summed E-state index contributed by atoms with van der Waals surface area (Å²) in [6, 6.07) is -0.722. The van der Waals surface area contributed by atoms with Gasteiger partial charge >= 0.3 is 6.03 Å². The van der Waals surface area contributed by atoms with Crippen molar-refractivity contribution in [3.8, 4) is 0 Å². The summed E-state index contributed by atoms with van der Waals surface area (Å²) in [5, 5.41) is 7.27. The molecule has 0 fully saturated rings. The van der Waals surface area contributed by atoms with Crippen molar-refractivity contribution in [1.82, 2.24) is 10.9 Å². The molecule has 0 saturated heterocycles. The predicted molar refractivity (Wildman–Crippen MR) is 83.3 cm³/mol. The number of nitrogens with one attached hydrogen (secondary N) is 2. The SMILES string of the molecule is O=C(N/N=C/C1=CC(=O)C(=O)CC1)N/N=C/C1=CC(=O)C(=O)CC1. The fraction of sp³-hybridized carbons (Fsp3) is 0.267. The third-order valence-corrected chi connectivity index (χ3v) is 3.26. The van der Waals surface area contributed by atoms with E-state index in [1.807, 2.05) is 0 Å². The first-order valence-corrected chi connectivity index (χ1v) is 7.13. The first-order valence-electron chi connectivity index (χ1n) is 7.13. The number of hydrazone groups is 2. The summed E-state index contributed by atoms with van der Waals surface area (Å²) >= 11 is 0. The van der Waals surface area contributed by atoms with E-state index < -0.39 is 29.2 Å². The molecular formula is C15H14N4O5. The molecule has 2 amide bonds. The van der Waals surface area contributed by atoms with Crippen molar-refractivity contribution in [3.05, 3.63) is 23.3 Å². The molecule has 124 valence electrons. The minimum absolute atomic E-state index is 0.128. The molecule has 9 nitrogen and oxygen atoms in total. The number of hydrogen-bond donors (Lipinski definition) is 2. The molecule has 0 heterocycles. The number of amides is 2. The second kappa shape index (κ2) is 7.86. The smallest absolute Gasteiger partial charge is 0.290 e. The first-order chi connectivity index (χ1) is 11.5. The van der Waals surface area contributed by atoms with E-state index in [2.05, 4.69) is 21.1 Å². The van der Waals surface area contributed by atoms with Crippen LogP contribution in [-0.4, -0.2) is 41.6 Å². The molecule has 9 heteroatoms. The van der Waals surface area contributed by atoms with Gasteiger partial charge < -0.3 is 0 Å². The molecule has 2 aliphatic rings. The van der Waals surface area contributed by atoms with E-state index in [1.54, 1.807) is 0 Å². The maximum absolute atomic E-state index is 11.4. The largest absolute Gasteiger partial charge is 0.355 e. The fourth-order valence-corrected chi connectivity index (χ4v) is 1.98. The number of allylic oxidation sites excluding steroid dienone is 4. The molecule has 0 aromatic heterocycles. The highest BCUT2D eigenvalue weighted by atomic mass is 16.2. The average molecular weight is 330 g/mol. The van der Waals surface area contributed by atoms with Gasteiger partial charge in [0.2, 0.25) is 23.1 Å². The first kappa shape index (κ1) is 17.1. The molecule has 2 N–H and O–H groups in total. The summed E-state index contributed by atoms with van der Waals surface area (Å²) in [5.41, 5.74) is 5.36. The predicted octanol–water partition coefficient (Wildman–Crippen LogP) is -0.0260. The maximum atomic E-state index is 11.4. The molecule has 2 aliphatic carbocycles. The van der Waals surface area contributed by atoms with Crippen molar-refractivity contribution in [3.63, 3.8) is 0 Å². The second-order valence-electron chi connectivity index (χ2n) is 5.08. The lowest BCUT2D eigenvalue weighted by molar-refractivity contribution is -0.134. The second-order valence-corrected chi connectivity index (χ2v) is 5.08. The third-order valence-electron chi connectivity index (χ3n) is 3.26. The topological polar surface area (TPSA) is 134 Å². The highest BCUT2D eigenvalue weighted by Gasteiger charge is 2.18. The number of ketones is 4. The van der Waals surface area contributed by atoms with Crippen LogP contribution < -0.4 is 10.9 Å². The van der Waals surface area contributed by atoms with E-state index in [0.717, 1.165) is 0 Å². The number of carbonyl (C=O) groups excluding carboxylic acids is 5. The highest BCUT2D eigenvalue weighted by Crippen LogP contribution is 2.11. The lowest BCUT2D eigenvalue weighted by atomic mass is 9.98. The van der Waals surface area contributed by atoms with Crippen LogP contribution in [0.2, 0.25) is 0 Å². The van der Waals surface area contributed by atoms with Crippen molar-refractivity contribution in [2.45, 2.75) is 25.7 Å². The van der Waals surface area contributed by atoms with Gasteiger partial charge in [0, 0.05) is 12.8 Å².